The molecule has 1 fully saturated rings. The fraction of sp³-hybridized carbons (Fsp3) is 0.312. The number of anilines is 1. The van der Waals surface area contributed by atoms with Gasteiger partial charge in [-0.2, -0.15) is 5.10 Å². The van der Waals surface area contributed by atoms with Crippen molar-refractivity contribution in [2.75, 3.05) is 18.0 Å². The number of aromatic nitrogens is 2. The van der Waals surface area contributed by atoms with Gasteiger partial charge in [0.2, 0.25) is 5.91 Å². The lowest BCUT2D eigenvalue weighted by Crippen LogP contribution is -2.33. The van der Waals surface area contributed by atoms with E-state index in [0.29, 0.717) is 0 Å². The lowest BCUT2D eigenvalue weighted by Gasteiger charge is -2.15. The molecular weight excluding hydrogens is 353 g/mol. The zero-order chi connectivity index (χ0) is 18.8. The molecule has 26 heavy (non-hydrogen) atoms. The van der Waals surface area contributed by atoms with E-state index in [9.17, 15) is 22.8 Å². The summed E-state index contributed by atoms with van der Waals surface area (Å²) in [5, 5.41) is 6.25. The van der Waals surface area contributed by atoms with Crippen LogP contribution < -0.4 is 10.2 Å². The Bertz CT molecular complexity index is 840. The minimum atomic E-state index is -2.81. The van der Waals surface area contributed by atoms with Crippen LogP contribution in [0.1, 0.15) is 19.0 Å². The molecule has 2 amide bonds. The lowest BCUT2D eigenvalue weighted by molar-refractivity contribution is -0.119. The van der Waals surface area contributed by atoms with Gasteiger partial charge in [0, 0.05) is 13.1 Å². The molecule has 2 heterocycles. The molecule has 1 aromatic heterocycles. The van der Waals surface area contributed by atoms with E-state index in [0.717, 1.165) is 23.0 Å². The van der Waals surface area contributed by atoms with Crippen LogP contribution in [0.25, 0.3) is 5.69 Å². The topological polar surface area (TPSA) is 76.5 Å². The average molecular weight is 368 g/mol. The van der Waals surface area contributed by atoms with Crippen LogP contribution in [0.2, 0.25) is 0 Å². The zero-order valence-corrected chi connectivity index (χ0v) is 13.7. The number of carbonyl (C=O) groups excluding carboxylic acids is 2. The molecule has 10 heteroatoms. The summed E-state index contributed by atoms with van der Waals surface area (Å²) in [5.41, 5.74) is -0.378. The van der Waals surface area contributed by atoms with E-state index in [1.54, 1.807) is 0 Å². The van der Waals surface area contributed by atoms with Gasteiger partial charge < -0.3 is 10.1 Å². The molecule has 1 aliphatic rings. The van der Waals surface area contributed by atoms with Crippen molar-refractivity contribution in [3.05, 3.63) is 42.0 Å². The molecule has 1 unspecified atom stereocenters. The fourth-order valence-electron chi connectivity index (χ4n) is 2.61. The molecule has 3 rings (SSSR count). The Hall–Kier alpha value is -3.04. The molecule has 1 atom stereocenters. The number of hydrogen-bond donors (Lipinski definition) is 1. The molecule has 0 aliphatic carbocycles. The molecule has 138 valence electrons. The number of rotatable bonds is 5. The van der Waals surface area contributed by atoms with E-state index >= 15 is 0 Å². The van der Waals surface area contributed by atoms with Gasteiger partial charge in [-0.1, -0.05) is 0 Å². The summed E-state index contributed by atoms with van der Waals surface area (Å²) < 4.78 is 46.3. The molecule has 0 bridgehead atoms. The van der Waals surface area contributed by atoms with Gasteiger partial charge >= 0.3 is 6.09 Å². The minimum absolute atomic E-state index is 0.127. The Morgan fingerprint density at radius 1 is 1.42 bits per heavy atom. The van der Waals surface area contributed by atoms with E-state index < -0.39 is 30.1 Å². The fourth-order valence-corrected chi connectivity index (χ4v) is 2.61. The molecule has 0 saturated carbocycles. The molecule has 1 N–H and O–H groups in total. The monoisotopic (exact) mass is 368 g/mol. The van der Waals surface area contributed by atoms with Crippen LogP contribution in [0, 0.1) is 5.82 Å². The maximum atomic E-state index is 14.4. The van der Waals surface area contributed by atoms with Crippen molar-refractivity contribution < 1.29 is 27.5 Å². The van der Waals surface area contributed by atoms with Gasteiger partial charge in [0.05, 0.1) is 18.8 Å². The first-order valence-corrected chi connectivity index (χ1v) is 7.71. The maximum Gasteiger partial charge on any atom is 0.414 e. The van der Waals surface area contributed by atoms with Crippen molar-refractivity contribution in [1.29, 1.82) is 0 Å². The van der Waals surface area contributed by atoms with Gasteiger partial charge in [0.15, 0.2) is 5.82 Å². The number of halogens is 3. The summed E-state index contributed by atoms with van der Waals surface area (Å²) in [4.78, 5) is 24.1. The number of nitrogens with one attached hydrogen (secondary N) is 1. The van der Waals surface area contributed by atoms with E-state index in [2.05, 4.69) is 10.4 Å². The second-order valence-corrected chi connectivity index (χ2v) is 5.66. The normalized spacial score (nSPS) is 16.9. The number of ether oxygens (including phenoxy) is 1. The van der Waals surface area contributed by atoms with Gasteiger partial charge in [0.25, 0.3) is 6.43 Å². The maximum absolute atomic E-state index is 14.4. The predicted molar refractivity (Wildman–Crippen MR) is 84.8 cm³/mol. The molecule has 1 saturated heterocycles. The predicted octanol–water partition coefficient (Wildman–Crippen LogP) is 2.41. The Kier molecular flexibility index (Phi) is 4.83. The van der Waals surface area contributed by atoms with Crippen LogP contribution in [0.4, 0.5) is 23.7 Å². The van der Waals surface area contributed by atoms with Gasteiger partial charge in [-0.25, -0.2) is 22.6 Å². The zero-order valence-electron chi connectivity index (χ0n) is 13.7. The van der Waals surface area contributed by atoms with E-state index in [1.165, 1.54) is 24.0 Å². The van der Waals surface area contributed by atoms with E-state index in [1.807, 2.05) is 0 Å². The lowest BCUT2D eigenvalue weighted by atomic mass is 10.2. The number of cyclic esters (lactones) is 1. The average Bonchev–Trinajstić information content (AvgIpc) is 3.19. The largest absolute Gasteiger partial charge is 0.442 e. The highest BCUT2D eigenvalue weighted by Gasteiger charge is 2.33. The SMILES string of the molecule is CC(=O)NCC1CN(c2ccc(-n3nccc3C(F)F)c(F)c2)C(=O)O1. The molecule has 7 nitrogen and oxygen atoms in total. The number of amides is 2. The van der Waals surface area contributed by atoms with Crippen LogP contribution in [-0.2, 0) is 9.53 Å². The minimum Gasteiger partial charge on any atom is -0.442 e. The highest BCUT2D eigenvalue weighted by molar-refractivity contribution is 5.90. The number of carbonyl (C=O) groups is 2. The van der Waals surface area contributed by atoms with Gasteiger partial charge in [-0.3, -0.25) is 9.69 Å². The number of alkyl halides is 2. The van der Waals surface area contributed by atoms with Crippen molar-refractivity contribution in [2.24, 2.45) is 0 Å². The van der Waals surface area contributed by atoms with Crippen molar-refractivity contribution in [3.8, 4) is 5.69 Å². The molecule has 0 spiro atoms. The third-order valence-corrected chi connectivity index (χ3v) is 3.82. The summed E-state index contributed by atoms with van der Waals surface area (Å²) in [6, 6.07) is 4.83. The summed E-state index contributed by atoms with van der Waals surface area (Å²) in [6.45, 7) is 1.61. The first-order chi connectivity index (χ1) is 12.4. The third kappa shape index (κ3) is 3.48. The van der Waals surface area contributed by atoms with Crippen LogP contribution in [0.3, 0.4) is 0 Å². The summed E-state index contributed by atoms with van der Waals surface area (Å²) in [7, 11) is 0. The second kappa shape index (κ2) is 7.06. The summed E-state index contributed by atoms with van der Waals surface area (Å²) in [6.07, 6.45) is -2.90. The highest BCUT2D eigenvalue weighted by Crippen LogP contribution is 2.27. The molecule has 0 radical (unpaired) electrons. The first-order valence-electron chi connectivity index (χ1n) is 7.71. The van der Waals surface area contributed by atoms with Crippen molar-refractivity contribution >= 4 is 17.7 Å². The van der Waals surface area contributed by atoms with E-state index in [-0.39, 0.29) is 30.4 Å². The van der Waals surface area contributed by atoms with Crippen LogP contribution in [0.5, 0.6) is 0 Å². The smallest absolute Gasteiger partial charge is 0.414 e. The van der Waals surface area contributed by atoms with Gasteiger partial charge in [-0.05, 0) is 24.3 Å². The molecule has 1 aromatic carbocycles. The van der Waals surface area contributed by atoms with Crippen molar-refractivity contribution in [2.45, 2.75) is 19.5 Å². The quantitative estimate of drug-likeness (QED) is 0.879. The number of nitrogens with zero attached hydrogens (tertiary/aromatic N) is 3. The highest BCUT2D eigenvalue weighted by atomic mass is 19.3. The van der Waals surface area contributed by atoms with Crippen molar-refractivity contribution in [1.82, 2.24) is 15.1 Å². The van der Waals surface area contributed by atoms with Crippen LogP contribution in [0.15, 0.2) is 30.5 Å². The number of hydrogen-bond acceptors (Lipinski definition) is 4. The molecular formula is C16H15F3N4O3. The Balaban J connectivity index is 1.80. The van der Waals surface area contributed by atoms with Crippen LogP contribution >= 0.6 is 0 Å². The molecule has 2 aromatic rings. The van der Waals surface area contributed by atoms with Gasteiger partial charge in [-0.15, -0.1) is 0 Å². The first kappa shape index (κ1) is 17.8. The van der Waals surface area contributed by atoms with Gasteiger partial charge in [0.1, 0.15) is 17.5 Å². The molecule has 1 aliphatic heterocycles. The number of benzene rings is 1. The Labute approximate surface area is 146 Å². The van der Waals surface area contributed by atoms with Crippen molar-refractivity contribution in [3.63, 3.8) is 0 Å². The summed E-state index contributed by atoms with van der Waals surface area (Å²) >= 11 is 0. The second-order valence-electron chi connectivity index (χ2n) is 5.66. The Morgan fingerprint density at radius 3 is 2.85 bits per heavy atom. The summed E-state index contributed by atoms with van der Waals surface area (Å²) in [5.74, 6) is -1.07. The van der Waals surface area contributed by atoms with Crippen LogP contribution in [-0.4, -0.2) is 41.0 Å². The Morgan fingerprint density at radius 2 is 2.19 bits per heavy atom. The third-order valence-electron chi connectivity index (χ3n) is 3.82. The van der Waals surface area contributed by atoms with E-state index in [4.69, 9.17) is 4.74 Å². The standard InChI is InChI=1S/C16H15F3N4O3/c1-9(24)20-7-11-8-22(16(25)26-11)10-2-3-13(12(17)6-10)23-14(15(18)19)4-5-21-23/h2-6,11,15H,7-8H2,1H3,(H,20,24).